The van der Waals surface area contributed by atoms with E-state index < -0.39 is 23.4 Å². The van der Waals surface area contributed by atoms with Crippen molar-refractivity contribution in [3.05, 3.63) is 57.2 Å². The van der Waals surface area contributed by atoms with E-state index in [1.54, 1.807) is 24.3 Å². The van der Waals surface area contributed by atoms with Gasteiger partial charge in [-0.2, -0.15) is 0 Å². The molecule has 2 N–H and O–H groups in total. The molecule has 0 heterocycles. The van der Waals surface area contributed by atoms with Gasteiger partial charge in [0.05, 0.1) is 12.1 Å². The number of halogens is 3. The molecule has 0 bridgehead atoms. The van der Waals surface area contributed by atoms with E-state index >= 15 is 0 Å². The molecule has 0 spiro atoms. The van der Waals surface area contributed by atoms with E-state index in [1.165, 1.54) is 19.0 Å². The summed E-state index contributed by atoms with van der Waals surface area (Å²) in [7, 11) is 3.03. The molecule has 0 aliphatic heterocycles. The Labute approximate surface area is 157 Å². The molecular weight excluding hydrogens is 443 g/mol. The number of nitrogens with one attached hydrogen (secondary N) is 2. The minimum Gasteiger partial charge on any atom is -0.373 e. The average molecular weight is 459 g/mol. The van der Waals surface area contributed by atoms with E-state index in [9.17, 15) is 18.4 Å². The first-order valence-electron chi connectivity index (χ1n) is 7.28. The fourth-order valence-corrected chi connectivity index (χ4v) is 2.80. The van der Waals surface area contributed by atoms with Crippen LogP contribution in [0.5, 0.6) is 0 Å². The van der Waals surface area contributed by atoms with E-state index in [0.29, 0.717) is 5.56 Å². The number of nitrogens with zero attached hydrogens (tertiary/aromatic N) is 1. The number of benzene rings is 2. The number of anilines is 2. The van der Waals surface area contributed by atoms with Crippen molar-refractivity contribution in [2.45, 2.75) is 0 Å². The molecule has 0 aromatic heterocycles. The number of carbonyl (C=O) groups is 2. The summed E-state index contributed by atoms with van der Waals surface area (Å²) in [6.45, 7) is -0.317. The van der Waals surface area contributed by atoms with Gasteiger partial charge in [-0.05, 0) is 46.9 Å². The van der Waals surface area contributed by atoms with E-state index in [4.69, 9.17) is 0 Å². The van der Waals surface area contributed by atoms with E-state index in [1.807, 2.05) is 22.6 Å². The van der Waals surface area contributed by atoms with Gasteiger partial charge in [0, 0.05) is 23.4 Å². The van der Waals surface area contributed by atoms with Crippen LogP contribution in [0.25, 0.3) is 0 Å². The van der Waals surface area contributed by atoms with Crippen LogP contribution in [0.3, 0.4) is 0 Å². The van der Waals surface area contributed by atoms with E-state index in [2.05, 4.69) is 10.6 Å². The molecule has 5 nitrogen and oxygen atoms in total. The standard InChI is InChI=1S/C17H16F2IN3O2/c1-23(2)16-12(18)7-10(8-13(16)19)22-15(24)9-21-17(25)11-5-3-4-6-14(11)20/h3-8H,9H2,1-2H3,(H,21,25)(H,22,24). The van der Waals surface area contributed by atoms with Gasteiger partial charge in [-0.15, -0.1) is 0 Å². The largest absolute Gasteiger partial charge is 0.373 e. The van der Waals surface area contributed by atoms with Crippen LogP contribution in [0.15, 0.2) is 36.4 Å². The first kappa shape index (κ1) is 19.1. The van der Waals surface area contributed by atoms with Gasteiger partial charge in [0.15, 0.2) is 11.6 Å². The number of amides is 2. The van der Waals surface area contributed by atoms with Crippen LogP contribution in [-0.4, -0.2) is 32.5 Å². The second kappa shape index (κ2) is 8.24. The molecule has 2 aromatic rings. The minimum atomic E-state index is -0.789. The van der Waals surface area contributed by atoms with Crippen molar-refractivity contribution >= 4 is 45.8 Å². The highest BCUT2D eigenvalue weighted by Gasteiger charge is 2.15. The molecule has 0 saturated heterocycles. The van der Waals surface area contributed by atoms with Crippen molar-refractivity contribution in [2.75, 3.05) is 30.9 Å². The predicted molar refractivity (Wildman–Crippen MR) is 101 cm³/mol. The summed E-state index contributed by atoms with van der Waals surface area (Å²) in [5.74, 6) is -2.57. The Morgan fingerprint density at radius 1 is 1.12 bits per heavy atom. The molecule has 0 radical (unpaired) electrons. The Kier molecular flexibility index (Phi) is 6.29. The van der Waals surface area contributed by atoms with Gasteiger partial charge >= 0.3 is 0 Å². The summed E-state index contributed by atoms with van der Waals surface area (Å²) in [4.78, 5) is 25.2. The lowest BCUT2D eigenvalue weighted by Gasteiger charge is -2.16. The van der Waals surface area contributed by atoms with Crippen molar-refractivity contribution in [3.8, 4) is 0 Å². The van der Waals surface area contributed by atoms with Crippen LogP contribution >= 0.6 is 22.6 Å². The molecular formula is C17H16F2IN3O2. The van der Waals surface area contributed by atoms with Crippen molar-refractivity contribution in [1.82, 2.24) is 5.32 Å². The second-order valence-corrected chi connectivity index (χ2v) is 6.56. The Hall–Kier alpha value is -2.23. The third kappa shape index (κ3) is 4.88. The maximum atomic E-state index is 13.9. The first-order valence-corrected chi connectivity index (χ1v) is 8.36. The van der Waals surface area contributed by atoms with Crippen molar-refractivity contribution in [1.29, 1.82) is 0 Å². The third-order valence-corrected chi connectivity index (χ3v) is 4.22. The molecule has 25 heavy (non-hydrogen) atoms. The SMILES string of the molecule is CN(C)c1c(F)cc(NC(=O)CNC(=O)c2ccccc2I)cc1F. The molecule has 2 amide bonds. The topological polar surface area (TPSA) is 61.4 Å². The smallest absolute Gasteiger partial charge is 0.252 e. The molecule has 0 atom stereocenters. The number of hydrogen-bond acceptors (Lipinski definition) is 3. The van der Waals surface area contributed by atoms with E-state index in [0.717, 1.165) is 15.7 Å². The zero-order valence-electron chi connectivity index (χ0n) is 13.6. The highest BCUT2D eigenvalue weighted by molar-refractivity contribution is 14.1. The number of hydrogen-bond donors (Lipinski definition) is 2. The van der Waals surface area contributed by atoms with Crippen LogP contribution in [-0.2, 0) is 4.79 Å². The van der Waals surface area contributed by atoms with E-state index in [-0.39, 0.29) is 17.9 Å². The fourth-order valence-electron chi connectivity index (χ4n) is 2.17. The van der Waals surface area contributed by atoms with Crippen LogP contribution in [0.2, 0.25) is 0 Å². The Balaban J connectivity index is 1.99. The Morgan fingerprint density at radius 2 is 1.72 bits per heavy atom. The highest BCUT2D eigenvalue weighted by atomic mass is 127. The van der Waals surface area contributed by atoms with Crippen molar-refractivity contribution < 1.29 is 18.4 Å². The highest BCUT2D eigenvalue weighted by Crippen LogP contribution is 2.25. The van der Waals surface area contributed by atoms with Gasteiger partial charge < -0.3 is 15.5 Å². The first-order chi connectivity index (χ1) is 11.8. The lowest BCUT2D eigenvalue weighted by Crippen LogP contribution is -2.33. The van der Waals surface area contributed by atoms with Gasteiger partial charge in [-0.1, -0.05) is 12.1 Å². The van der Waals surface area contributed by atoms with Crippen LogP contribution in [0.4, 0.5) is 20.2 Å². The number of carbonyl (C=O) groups excluding carboxylic acids is 2. The molecule has 0 aliphatic carbocycles. The van der Waals surface area contributed by atoms with Crippen LogP contribution < -0.4 is 15.5 Å². The summed E-state index contributed by atoms with van der Waals surface area (Å²) in [6, 6.07) is 8.98. The molecule has 2 aromatic carbocycles. The molecule has 8 heteroatoms. The monoisotopic (exact) mass is 459 g/mol. The summed E-state index contributed by atoms with van der Waals surface area (Å²) >= 11 is 2.02. The molecule has 0 aliphatic rings. The minimum absolute atomic E-state index is 0.0193. The lowest BCUT2D eigenvalue weighted by atomic mass is 10.2. The van der Waals surface area contributed by atoms with Gasteiger partial charge in [0.2, 0.25) is 5.91 Å². The molecule has 2 rings (SSSR count). The average Bonchev–Trinajstić information content (AvgIpc) is 2.52. The van der Waals surface area contributed by atoms with Crippen LogP contribution in [0, 0.1) is 15.2 Å². The molecule has 0 fully saturated rings. The predicted octanol–water partition coefficient (Wildman–Crippen LogP) is 3.00. The third-order valence-electron chi connectivity index (χ3n) is 3.28. The maximum Gasteiger partial charge on any atom is 0.252 e. The summed E-state index contributed by atoms with van der Waals surface area (Å²) in [5.41, 5.74) is 0.238. The normalized spacial score (nSPS) is 10.3. The second-order valence-electron chi connectivity index (χ2n) is 5.39. The summed E-state index contributed by atoms with van der Waals surface area (Å²) in [6.07, 6.45) is 0. The lowest BCUT2D eigenvalue weighted by molar-refractivity contribution is -0.115. The van der Waals surface area contributed by atoms with Crippen molar-refractivity contribution in [2.24, 2.45) is 0 Å². The Morgan fingerprint density at radius 3 is 2.28 bits per heavy atom. The summed E-state index contributed by atoms with van der Waals surface area (Å²) in [5, 5.41) is 4.82. The molecule has 0 unspecified atom stereocenters. The summed E-state index contributed by atoms with van der Waals surface area (Å²) < 4.78 is 28.5. The number of rotatable bonds is 5. The van der Waals surface area contributed by atoms with Gasteiger partial charge in [-0.3, -0.25) is 9.59 Å². The van der Waals surface area contributed by atoms with Crippen molar-refractivity contribution in [3.63, 3.8) is 0 Å². The zero-order valence-corrected chi connectivity index (χ0v) is 15.7. The maximum absolute atomic E-state index is 13.9. The van der Waals surface area contributed by atoms with Gasteiger partial charge in [-0.25, -0.2) is 8.78 Å². The quantitative estimate of drug-likeness (QED) is 0.677. The van der Waals surface area contributed by atoms with Crippen LogP contribution in [0.1, 0.15) is 10.4 Å². The van der Waals surface area contributed by atoms with Gasteiger partial charge in [0.1, 0.15) is 5.69 Å². The zero-order chi connectivity index (χ0) is 18.6. The fraction of sp³-hybridized carbons (Fsp3) is 0.176. The Bertz CT molecular complexity index is 789. The molecule has 0 saturated carbocycles. The van der Waals surface area contributed by atoms with Gasteiger partial charge in [0.25, 0.3) is 5.91 Å². The molecule has 132 valence electrons.